The second-order valence-electron chi connectivity index (χ2n) is 4.43. The molecule has 0 N–H and O–H groups in total. The van der Waals surface area contributed by atoms with E-state index in [2.05, 4.69) is 15.9 Å². The van der Waals surface area contributed by atoms with Crippen LogP contribution < -0.4 is 0 Å². The Morgan fingerprint density at radius 2 is 2.00 bits per heavy atom. The van der Waals surface area contributed by atoms with Crippen molar-refractivity contribution in [1.82, 2.24) is 4.90 Å². The first kappa shape index (κ1) is 15.1. The van der Waals surface area contributed by atoms with E-state index in [4.69, 9.17) is 0 Å². The van der Waals surface area contributed by atoms with Crippen LogP contribution in [0.15, 0.2) is 33.4 Å². The molecule has 0 aliphatic heterocycles. The zero-order valence-corrected chi connectivity index (χ0v) is 13.1. The van der Waals surface area contributed by atoms with E-state index in [1.54, 1.807) is 23.3 Å². The highest BCUT2D eigenvalue weighted by Gasteiger charge is 2.12. The lowest BCUT2D eigenvalue weighted by atomic mass is 10.1. The van der Waals surface area contributed by atoms with Crippen LogP contribution in [-0.4, -0.2) is 17.9 Å². The third kappa shape index (κ3) is 3.86. The second kappa shape index (κ2) is 6.45. The molecule has 0 fully saturated rings. The Hall–Kier alpha value is -1.27. The van der Waals surface area contributed by atoms with Gasteiger partial charge in [0.15, 0.2) is 11.6 Å². The maximum absolute atomic E-state index is 13.1. The van der Waals surface area contributed by atoms with Gasteiger partial charge >= 0.3 is 0 Å². The highest BCUT2D eigenvalue weighted by molar-refractivity contribution is 9.11. The van der Waals surface area contributed by atoms with Crippen molar-refractivity contribution in [3.63, 3.8) is 0 Å². The van der Waals surface area contributed by atoms with Crippen LogP contribution in [-0.2, 0) is 17.8 Å². The number of thiophene rings is 1. The molecule has 106 valence electrons. The lowest BCUT2D eigenvalue weighted by Crippen LogP contribution is -2.27. The number of hydrogen-bond acceptors (Lipinski definition) is 2. The number of carbonyl (C=O) groups excluding carboxylic acids is 1. The molecule has 2 aromatic rings. The third-order valence-electron chi connectivity index (χ3n) is 2.81. The summed E-state index contributed by atoms with van der Waals surface area (Å²) >= 11 is 4.92. The van der Waals surface area contributed by atoms with Crippen LogP contribution in [0.3, 0.4) is 0 Å². The van der Waals surface area contributed by atoms with E-state index in [9.17, 15) is 13.6 Å². The van der Waals surface area contributed by atoms with Crippen LogP contribution >= 0.6 is 27.3 Å². The van der Waals surface area contributed by atoms with E-state index in [1.807, 2.05) is 11.4 Å². The summed E-state index contributed by atoms with van der Waals surface area (Å²) < 4.78 is 26.9. The van der Waals surface area contributed by atoms with Crippen LogP contribution in [0.5, 0.6) is 0 Å². The molecule has 1 aromatic carbocycles. The van der Waals surface area contributed by atoms with Crippen molar-refractivity contribution in [2.24, 2.45) is 0 Å². The van der Waals surface area contributed by atoms with Crippen molar-refractivity contribution < 1.29 is 13.6 Å². The van der Waals surface area contributed by atoms with Gasteiger partial charge in [-0.2, -0.15) is 0 Å². The normalized spacial score (nSPS) is 10.6. The molecule has 20 heavy (non-hydrogen) atoms. The first-order valence-corrected chi connectivity index (χ1v) is 7.54. The molecular formula is C14H12BrF2NOS. The molecule has 2 rings (SSSR count). The van der Waals surface area contributed by atoms with Crippen molar-refractivity contribution in [2.75, 3.05) is 7.05 Å². The van der Waals surface area contributed by atoms with E-state index >= 15 is 0 Å². The van der Waals surface area contributed by atoms with Crippen molar-refractivity contribution in [2.45, 2.75) is 13.0 Å². The number of halogens is 3. The fourth-order valence-electron chi connectivity index (χ4n) is 1.75. The molecule has 0 unspecified atom stereocenters. The molecule has 0 aliphatic carbocycles. The molecular weight excluding hydrogens is 348 g/mol. The zero-order chi connectivity index (χ0) is 14.7. The third-order valence-corrected chi connectivity index (χ3v) is 4.36. The SMILES string of the molecule is CN(Cc1csc(Br)c1)C(=O)Cc1ccc(F)c(F)c1. The summed E-state index contributed by atoms with van der Waals surface area (Å²) in [5.41, 5.74) is 1.50. The quantitative estimate of drug-likeness (QED) is 0.808. The monoisotopic (exact) mass is 359 g/mol. The number of rotatable bonds is 4. The summed E-state index contributed by atoms with van der Waals surface area (Å²) in [5, 5.41) is 1.96. The molecule has 1 aromatic heterocycles. The lowest BCUT2D eigenvalue weighted by molar-refractivity contribution is -0.129. The van der Waals surface area contributed by atoms with E-state index in [1.165, 1.54) is 6.07 Å². The molecule has 1 amide bonds. The topological polar surface area (TPSA) is 20.3 Å². The molecule has 0 atom stereocenters. The van der Waals surface area contributed by atoms with Gasteiger partial charge < -0.3 is 4.90 Å². The Morgan fingerprint density at radius 3 is 2.60 bits per heavy atom. The first-order valence-electron chi connectivity index (χ1n) is 5.86. The van der Waals surface area contributed by atoms with Crippen LogP contribution in [0, 0.1) is 11.6 Å². The smallest absolute Gasteiger partial charge is 0.227 e. The number of carbonyl (C=O) groups is 1. The van der Waals surface area contributed by atoms with Gasteiger partial charge in [-0.05, 0) is 50.6 Å². The minimum Gasteiger partial charge on any atom is -0.341 e. The average molecular weight is 360 g/mol. The summed E-state index contributed by atoms with van der Waals surface area (Å²) in [6, 6.07) is 5.47. The number of likely N-dealkylation sites (N-methyl/N-ethyl adjacent to an activating group) is 1. The van der Waals surface area contributed by atoms with Crippen LogP contribution in [0.1, 0.15) is 11.1 Å². The Kier molecular flexibility index (Phi) is 4.88. The predicted molar refractivity (Wildman–Crippen MR) is 78.6 cm³/mol. The van der Waals surface area contributed by atoms with Gasteiger partial charge in [-0.3, -0.25) is 4.79 Å². The van der Waals surface area contributed by atoms with E-state index in [0.717, 1.165) is 21.5 Å². The highest BCUT2D eigenvalue weighted by Crippen LogP contribution is 2.21. The minimum absolute atomic E-state index is 0.0546. The maximum Gasteiger partial charge on any atom is 0.227 e. The standard InChI is InChI=1S/C14H12BrF2NOS/c1-18(7-10-5-13(15)20-8-10)14(19)6-9-2-3-11(16)12(17)4-9/h2-5,8H,6-7H2,1H3. The summed E-state index contributed by atoms with van der Waals surface area (Å²) in [7, 11) is 1.69. The van der Waals surface area contributed by atoms with Gasteiger partial charge in [0.25, 0.3) is 0 Å². The number of amides is 1. The van der Waals surface area contributed by atoms with Gasteiger partial charge in [-0.1, -0.05) is 6.07 Å². The number of benzene rings is 1. The van der Waals surface area contributed by atoms with Crippen LogP contribution in [0.2, 0.25) is 0 Å². The lowest BCUT2D eigenvalue weighted by Gasteiger charge is -2.16. The minimum atomic E-state index is -0.931. The van der Waals surface area contributed by atoms with Crippen molar-refractivity contribution in [3.8, 4) is 0 Å². The Morgan fingerprint density at radius 1 is 1.25 bits per heavy atom. The Bertz CT molecular complexity index is 629. The van der Waals surface area contributed by atoms with Crippen LogP contribution in [0.4, 0.5) is 8.78 Å². The molecule has 2 nitrogen and oxygen atoms in total. The maximum atomic E-state index is 13.1. The molecule has 6 heteroatoms. The zero-order valence-electron chi connectivity index (χ0n) is 10.7. The molecule has 0 spiro atoms. The molecule has 0 aliphatic rings. The molecule has 0 bridgehead atoms. The van der Waals surface area contributed by atoms with Crippen molar-refractivity contribution in [3.05, 3.63) is 56.2 Å². The first-order chi connectivity index (χ1) is 9.45. The highest BCUT2D eigenvalue weighted by atomic mass is 79.9. The summed E-state index contributed by atoms with van der Waals surface area (Å²) in [4.78, 5) is 13.6. The predicted octanol–water partition coefficient (Wildman–Crippen LogP) is 3.99. The number of hydrogen-bond donors (Lipinski definition) is 0. The average Bonchev–Trinajstić information content (AvgIpc) is 2.79. The van der Waals surface area contributed by atoms with Gasteiger partial charge in [-0.15, -0.1) is 11.3 Å². The largest absolute Gasteiger partial charge is 0.341 e. The molecule has 0 saturated carbocycles. The van der Waals surface area contributed by atoms with Crippen molar-refractivity contribution in [1.29, 1.82) is 0 Å². The van der Waals surface area contributed by atoms with Gasteiger partial charge in [0.2, 0.25) is 5.91 Å². The number of nitrogens with zero attached hydrogens (tertiary/aromatic N) is 1. The summed E-state index contributed by atoms with van der Waals surface area (Å²) in [6.07, 6.45) is 0.0546. The summed E-state index contributed by atoms with van der Waals surface area (Å²) in [5.74, 6) is -1.98. The van der Waals surface area contributed by atoms with Gasteiger partial charge in [0, 0.05) is 13.6 Å². The Balaban J connectivity index is 1.98. The second-order valence-corrected chi connectivity index (χ2v) is 6.72. The molecule has 1 heterocycles. The van der Waals surface area contributed by atoms with Crippen LogP contribution in [0.25, 0.3) is 0 Å². The van der Waals surface area contributed by atoms with E-state index in [0.29, 0.717) is 12.1 Å². The van der Waals surface area contributed by atoms with Crippen molar-refractivity contribution >= 4 is 33.2 Å². The summed E-state index contributed by atoms with van der Waals surface area (Å²) in [6.45, 7) is 0.491. The van der Waals surface area contributed by atoms with E-state index in [-0.39, 0.29) is 12.3 Å². The van der Waals surface area contributed by atoms with E-state index < -0.39 is 11.6 Å². The fraction of sp³-hybridized carbons (Fsp3) is 0.214. The molecule has 0 saturated heterocycles. The Labute approximate surface area is 128 Å². The van der Waals surface area contributed by atoms with Gasteiger partial charge in [0.05, 0.1) is 10.2 Å². The van der Waals surface area contributed by atoms with Gasteiger partial charge in [-0.25, -0.2) is 8.78 Å². The molecule has 0 radical (unpaired) electrons. The fourth-order valence-corrected chi connectivity index (χ4v) is 2.95. The van der Waals surface area contributed by atoms with Gasteiger partial charge in [0.1, 0.15) is 0 Å².